The maximum absolute atomic E-state index is 8.92. The van der Waals surface area contributed by atoms with E-state index in [1.54, 1.807) is 0 Å². The molecule has 3 rings (SSSR count). The molecule has 0 N–H and O–H groups in total. The molecule has 1 aromatic carbocycles. The first-order chi connectivity index (χ1) is 10.2. The molecule has 0 saturated heterocycles. The van der Waals surface area contributed by atoms with E-state index in [0.29, 0.717) is 0 Å². The van der Waals surface area contributed by atoms with Crippen LogP contribution >= 0.6 is 0 Å². The average molecular weight is 274 g/mol. The zero-order chi connectivity index (χ0) is 16.3. The smallest absolute Gasteiger partial charge is 0.340 e. The van der Waals surface area contributed by atoms with Crippen molar-refractivity contribution in [2.45, 2.75) is 65.1 Å². The number of nitrogens with zero attached hydrogens (tertiary/aromatic N) is 1. The molecule has 1 heterocycles. The summed E-state index contributed by atoms with van der Waals surface area (Å²) in [6.45, 7) is 10.5. The van der Waals surface area contributed by atoms with Crippen molar-refractivity contribution in [1.29, 1.82) is 0 Å². The summed E-state index contributed by atoms with van der Waals surface area (Å²) in [6.07, 6.45) is -0.823. The van der Waals surface area contributed by atoms with E-state index in [0.717, 1.165) is 23.4 Å². The van der Waals surface area contributed by atoms with Crippen LogP contribution in [0.4, 0.5) is 0 Å². The first kappa shape index (κ1) is 11.4. The average Bonchev–Trinajstić information content (AvgIpc) is 2.74. The molecule has 1 aliphatic carbocycles. The lowest BCUT2D eigenvalue weighted by atomic mass is 9.76. The van der Waals surface area contributed by atoms with Crippen LogP contribution < -0.4 is 0 Å². The lowest BCUT2D eigenvalue weighted by Crippen LogP contribution is -2.52. The molecule has 1 aromatic rings. The molecular formula is C18H26NO+. The molecule has 20 heavy (non-hydrogen) atoms. The number of fused-ring (bicyclic) bond motifs is 2. The van der Waals surface area contributed by atoms with Crippen molar-refractivity contribution < 1.29 is 12.1 Å². The van der Waals surface area contributed by atoms with Gasteiger partial charge in [0.05, 0.1) is 5.92 Å². The van der Waals surface area contributed by atoms with E-state index in [1.165, 1.54) is 0 Å². The van der Waals surface area contributed by atoms with Crippen molar-refractivity contribution in [3.63, 3.8) is 0 Å². The van der Waals surface area contributed by atoms with Crippen molar-refractivity contribution in [2.24, 2.45) is 5.92 Å². The fraction of sp³-hybridized carbons (Fsp3) is 0.611. The van der Waals surface area contributed by atoms with E-state index in [1.807, 2.05) is 31.2 Å². The highest BCUT2D eigenvalue weighted by Crippen LogP contribution is 2.39. The van der Waals surface area contributed by atoms with Gasteiger partial charge in [-0.05, 0) is 38.8 Å². The molecule has 0 amide bonds. The van der Waals surface area contributed by atoms with Gasteiger partial charge in [-0.3, -0.25) is 0 Å². The van der Waals surface area contributed by atoms with Crippen LogP contribution in [0.5, 0.6) is 0 Å². The Morgan fingerprint density at radius 2 is 1.90 bits per heavy atom. The third-order valence-electron chi connectivity index (χ3n) is 4.45. The minimum absolute atomic E-state index is 0.141. The minimum atomic E-state index is -1.45. The van der Waals surface area contributed by atoms with Crippen LogP contribution in [0.1, 0.15) is 48.5 Å². The molecule has 0 radical (unpaired) electrons. The van der Waals surface area contributed by atoms with Gasteiger partial charge in [-0.15, -0.1) is 0 Å². The second-order valence-corrected chi connectivity index (χ2v) is 6.70. The topological polar surface area (TPSA) is 12.2 Å². The molecule has 2 aliphatic rings. The van der Waals surface area contributed by atoms with E-state index in [4.69, 9.17) is 7.48 Å². The summed E-state index contributed by atoms with van der Waals surface area (Å²) in [5.74, 6) is 1.18. The first-order valence-corrected chi connectivity index (χ1v) is 7.62. The Labute approximate surface area is 125 Å². The Hall–Kier alpha value is -1.31. The number of benzene rings is 1. The second kappa shape index (κ2) is 4.61. The van der Waals surface area contributed by atoms with Crippen LogP contribution in [0.2, 0.25) is 0 Å². The van der Waals surface area contributed by atoms with Gasteiger partial charge in [0, 0.05) is 22.5 Å². The largest absolute Gasteiger partial charge is 0.437 e. The van der Waals surface area contributed by atoms with Crippen molar-refractivity contribution in [3.05, 3.63) is 35.4 Å². The monoisotopic (exact) mass is 274 g/mol. The zero-order valence-electron chi connectivity index (χ0n) is 15.1. The highest BCUT2D eigenvalue weighted by atomic mass is 16.5. The van der Waals surface area contributed by atoms with E-state index < -0.39 is 11.9 Å². The summed E-state index contributed by atoms with van der Waals surface area (Å²) in [5, 5.41) is 0. The van der Waals surface area contributed by atoms with Crippen LogP contribution in [0.3, 0.4) is 0 Å². The lowest BCUT2D eigenvalue weighted by molar-refractivity contribution is -0.627. The second-order valence-electron chi connectivity index (χ2n) is 6.70. The van der Waals surface area contributed by atoms with Gasteiger partial charge in [-0.1, -0.05) is 24.3 Å². The number of hydrogen-bond donors (Lipinski definition) is 0. The summed E-state index contributed by atoms with van der Waals surface area (Å²) in [6, 6.07) is 8.09. The molecule has 0 fully saturated rings. The number of hydrogen-bond acceptors (Lipinski definition) is 1. The van der Waals surface area contributed by atoms with Crippen LogP contribution in [0, 0.1) is 5.92 Å². The Morgan fingerprint density at radius 3 is 2.50 bits per heavy atom. The third-order valence-corrected chi connectivity index (χ3v) is 4.45. The number of ether oxygens (including phenoxy) is 1. The highest BCUT2D eigenvalue weighted by molar-refractivity contribution is 5.75. The Bertz CT molecular complexity index is 636. The van der Waals surface area contributed by atoms with Crippen LogP contribution in [-0.4, -0.2) is 28.2 Å². The lowest BCUT2D eigenvalue weighted by Gasteiger charge is -2.33. The first-order valence-electron chi connectivity index (χ1n) is 8.62. The summed E-state index contributed by atoms with van der Waals surface area (Å²) in [4.78, 5) is 0. The Kier molecular flexibility index (Phi) is 2.62. The molecular weight excluding hydrogens is 246 g/mol. The fourth-order valence-electron chi connectivity index (χ4n) is 3.58. The SMILES string of the molecule is [2H]C1([2H])c2ccccc2C[C@@H]2OC(C(C)C)=[N+](C(C)C)C21C. The molecule has 2 atom stereocenters. The van der Waals surface area contributed by atoms with Crippen LogP contribution in [0.25, 0.3) is 0 Å². The predicted molar refractivity (Wildman–Crippen MR) is 82.4 cm³/mol. The van der Waals surface area contributed by atoms with Gasteiger partial charge >= 0.3 is 5.90 Å². The maximum atomic E-state index is 8.92. The standard InChI is InChI=1S/C18H26NO/c1-12(2)17-19(13(3)4)18(5)11-15-9-7-6-8-14(15)10-16(18)20-17/h6-9,12-13,16H,10-11H2,1-5H3/q+1/t16-,18?/m0/s1/i11D2. The van der Waals surface area contributed by atoms with Crippen molar-refractivity contribution >= 4 is 5.90 Å². The molecule has 0 spiro atoms. The summed E-state index contributed by atoms with van der Waals surface area (Å²) < 4.78 is 26.3. The van der Waals surface area contributed by atoms with Crippen LogP contribution in [-0.2, 0) is 17.5 Å². The van der Waals surface area contributed by atoms with Gasteiger partial charge in [0.2, 0.25) is 5.54 Å². The Balaban J connectivity index is 2.23. The van der Waals surface area contributed by atoms with Gasteiger partial charge < -0.3 is 4.74 Å². The minimum Gasteiger partial charge on any atom is -0.437 e. The summed E-state index contributed by atoms with van der Waals surface area (Å²) in [7, 11) is 0. The van der Waals surface area contributed by atoms with Crippen molar-refractivity contribution in [3.8, 4) is 0 Å². The van der Waals surface area contributed by atoms with Crippen molar-refractivity contribution in [2.75, 3.05) is 0 Å². The molecule has 0 saturated carbocycles. The molecule has 1 aliphatic heterocycles. The van der Waals surface area contributed by atoms with Gasteiger partial charge in [0.25, 0.3) is 0 Å². The van der Waals surface area contributed by atoms with E-state index >= 15 is 0 Å². The summed E-state index contributed by atoms with van der Waals surface area (Å²) in [5.41, 5.74) is 1.21. The fourth-order valence-corrected chi connectivity index (χ4v) is 3.58. The molecule has 2 nitrogen and oxygen atoms in total. The highest BCUT2D eigenvalue weighted by Gasteiger charge is 2.57. The van der Waals surface area contributed by atoms with E-state index in [2.05, 4.69) is 32.3 Å². The van der Waals surface area contributed by atoms with Crippen molar-refractivity contribution in [1.82, 2.24) is 0 Å². The Morgan fingerprint density at radius 1 is 1.25 bits per heavy atom. The summed E-state index contributed by atoms with van der Waals surface area (Å²) >= 11 is 0. The number of rotatable bonds is 2. The van der Waals surface area contributed by atoms with Gasteiger partial charge in [-0.2, -0.15) is 4.58 Å². The van der Waals surface area contributed by atoms with Gasteiger partial charge in [-0.25, -0.2) is 0 Å². The van der Waals surface area contributed by atoms with E-state index in [-0.39, 0.29) is 18.1 Å². The van der Waals surface area contributed by atoms with E-state index in [9.17, 15) is 0 Å². The molecule has 1 unspecified atom stereocenters. The normalized spacial score (nSPS) is 32.6. The van der Waals surface area contributed by atoms with Crippen LogP contribution in [0.15, 0.2) is 24.3 Å². The zero-order valence-corrected chi connectivity index (χ0v) is 13.1. The third kappa shape index (κ3) is 1.88. The van der Waals surface area contributed by atoms with Gasteiger partial charge in [0.1, 0.15) is 0 Å². The maximum Gasteiger partial charge on any atom is 0.340 e. The molecule has 0 bridgehead atoms. The molecule has 2 heteroatoms. The molecule has 108 valence electrons. The quantitative estimate of drug-likeness (QED) is 0.753. The molecule has 0 aromatic heterocycles. The van der Waals surface area contributed by atoms with Gasteiger partial charge in [0.15, 0.2) is 12.1 Å². The predicted octanol–water partition coefficient (Wildman–Crippen LogP) is 3.42.